The molecule has 4 fully saturated rings. The van der Waals surface area contributed by atoms with Gasteiger partial charge >= 0.3 is 5.97 Å². The van der Waals surface area contributed by atoms with Crippen LogP contribution in [0.25, 0.3) is 0 Å². The number of carbonyl (C=O) groups excluding carboxylic acids is 2. The van der Waals surface area contributed by atoms with Crippen molar-refractivity contribution in [3.05, 3.63) is 22.8 Å². The molecule has 6 nitrogen and oxygen atoms in total. The molecule has 4 aliphatic rings. The third-order valence-electron chi connectivity index (χ3n) is 11.7. The lowest BCUT2D eigenvalue weighted by molar-refractivity contribution is -0.234. The maximum Gasteiger partial charge on any atom is 0.333 e. The molecular formula is C35H60O6. The van der Waals surface area contributed by atoms with Gasteiger partial charge in [-0.15, -0.1) is 0 Å². The van der Waals surface area contributed by atoms with Gasteiger partial charge in [-0.2, -0.15) is 0 Å². The molecule has 0 radical (unpaired) electrons. The summed E-state index contributed by atoms with van der Waals surface area (Å²) in [6.07, 6.45) is 6.88. The van der Waals surface area contributed by atoms with Crippen molar-refractivity contribution >= 4 is 12.4 Å². The predicted molar refractivity (Wildman–Crippen MR) is 165 cm³/mol. The smallest absolute Gasteiger partial charge is 0.333 e. The number of allylic oxidation sites excluding steroid dienone is 2. The van der Waals surface area contributed by atoms with Crippen LogP contribution in [0.4, 0.5) is 0 Å². The molecule has 6 heteroatoms. The van der Waals surface area contributed by atoms with Crippen molar-refractivity contribution in [3.8, 4) is 0 Å². The number of hydrogen-bond donors (Lipinski definition) is 2. The van der Waals surface area contributed by atoms with E-state index in [-0.39, 0.29) is 46.1 Å². The van der Waals surface area contributed by atoms with Crippen molar-refractivity contribution in [2.24, 2.45) is 39.9 Å². The summed E-state index contributed by atoms with van der Waals surface area (Å²) < 4.78 is 11.0. The monoisotopic (exact) mass is 576 g/mol. The summed E-state index contributed by atoms with van der Waals surface area (Å²) in [5, 5.41) is 22.6. The van der Waals surface area contributed by atoms with Gasteiger partial charge in [0.05, 0.1) is 19.3 Å². The summed E-state index contributed by atoms with van der Waals surface area (Å²) in [6, 6.07) is 0. The summed E-state index contributed by atoms with van der Waals surface area (Å²) in [5.74, 6) is 0.234. The molecule has 0 bridgehead atoms. The maximum absolute atomic E-state index is 13.1. The molecule has 0 spiro atoms. The molecule has 4 aliphatic carbocycles. The van der Waals surface area contributed by atoms with Crippen LogP contribution < -0.4 is 0 Å². The molecule has 10 atom stereocenters. The average Bonchev–Trinajstić information content (AvgIpc) is 3.23. The summed E-state index contributed by atoms with van der Waals surface area (Å²) in [7, 11) is 1.40. The van der Waals surface area contributed by atoms with E-state index < -0.39 is 12.2 Å². The lowest BCUT2D eigenvalue weighted by Gasteiger charge is -2.69. The van der Waals surface area contributed by atoms with E-state index in [0.29, 0.717) is 43.6 Å². The fourth-order valence-corrected chi connectivity index (χ4v) is 9.78. The summed E-state index contributed by atoms with van der Waals surface area (Å²) in [4.78, 5) is 24.8. The minimum absolute atomic E-state index is 0.0683. The molecule has 10 unspecified atom stereocenters. The molecular weight excluding hydrogens is 516 g/mol. The van der Waals surface area contributed by atoms with E-state index in [1.165, 1.54) is 12.7 Å². The average molecular weight is 577 g/mol. The van der Waals surface area contributed by atoms with Crippen molar-refractivity contribution < 1.29 is 29.3 Å². The lowest BCUT2D eigenvalue weighted by atomic mass is 9.36. The van der Waals surface area contributed by atoms with Gasteiger partial charge in [0.15, 0.2) is 0 Å². The van der Waals surface area contributed by atoms with Crippen molar-refractivity contribution in [1.29, 1.82) is 0 Å². The third-order valence-corrected chi connectivity index (χ3v) is 11.7. The first-order chi connectivity index (χ1) is 19.4. The van der Waals surface area contributed by atoms with E-state index in [4.69, 9.17) is 9.47 Å². The zero-order valence-electron chi connectivity index (χ0n) is 27.9. The topological polar surface area (TPSA) is 93.1 Å². The molecule has 2 N–H and O–H groups in total. The van der Waals surface area contributed by atoms with Gasteiger partial charge in [0.25, 0.3) is 6.47 Å². The Kier molecular flexibility index (Phi) is 12.3. The molecule has 0 saturated heterocycles. The second-order valence-electron chi connectivity index (χ2n) is 13.5. The molecule has 0 amide bonds. The first-order valence-corrected chi connectivity index (χ1v) is 16.3. The van der Waals surface area contributed by atoms with Crippen molar-refractivity contribution in [2.75, 3.05) is 7.11 Å². The summed E-state index contributed by atoms with van der Waals surface area (Å²) >= 11 is 0. The first-order valence-electron chi connectivity index (χ1n) is 16.3. The number of rotatable bonds is 6. The van der Waals surface area contributed by atoms with Gasteiger partial charge in [-0.05, 0) is 111 Å². The van der Waals surface area contributed by atoms with Crippen molar-refractivity contribution in [3.63, 3.8) is 0 Å². The van der Waals surface area contributed by atoms with E-state index in [0.717, 1.165) is 31.3 Å². The zero-order chi connectivity index (χ0) is 31.3. The van der Waals surface area contributed by atoms with E-state index >= 15 is 0 Å². The second-order valence-corrected chi connectivity index (χ2v) is 13.5. The minimum Gasteiger partial charge on any atom is -0.466 e. The quantitative estimate of drug-likeness (QED) is 0.148. The van der Waals surface area contributed by atoms with Crippen LogP contribution >= 0.6 is 0 Å². The number of carbonyl (C=O) groups is 2. The largest absolute Gasteiger partial charge is 0.466 e. The van der Waals surface area contributed by atoms with Gasteiger partial charge < -0.3 is 19.7 Å². The standard InChI is InChI=1S/C31H48O6.2C2H6/c1-18(2)9-8-10-20(28(35)36-7)26-22-15-24(34)27-29(4)13-12-23(33)19(3)21(29)11-14-30(27,5)31(22,6)16-25(26)37-17-32;2*1-2/h9,17,19,21-25,27,33-34H,8,10-16H2,1-7H3;2*1-2H3/b26-20-;;. The van der Waals surface area contributed by atoms with Gasteiger partial charge in [-0.1, -0.05) is 67.0 Å². The molecule has 0 aromatic carbocycles. The Bertz CT molecular complexity index is 966. The van der Waals surface area contributed by atoms with Gasteiger partial charge in [-0.25, -0.2) is 4.79 Å². The number of esters is 1. The normalized spacial score (nSPS) is 41.9. The van der Waals surface area contributed by atoms with E-state index in [1.807, 2.05) is 41.5 Å². The van der Waals surface area contributed by atoms with Crippen LogP contribution in [0.2, 0.25) is 0 Å². The van der Waals surface area contributed by atoms with E-state index in [9.17, 15) is 19.8 Å². The highest BCUT2D eigenvalue weighted by molar-refractivity contribution is 5.90. The molecule has 4 saturated carbocycles. The molecule has 41 heavy (non-hydrogen) atoms. The van der Waals surface area contributed by atoms with Crippen LogP contribution in [0.15, 0.2) is 22.8 Å². The van der Waals surface area contributed by atoms with Gasteiger partial charge in [-0.3, -0.25) is 4.79 Å². The number of ether oxygens (including phenoxy) is 2. The highest BCUT2D eigenvalue weighted by atomic mass is 16.5. The Hall–Kier alpha value is -1.66. The molecule has 0 aromatic rings. The Balaban J connectivity index is 0.00000141. The van der Waals surface area contributed by atoms with Crippen LogP contribution in [-0.2, 0) is 19.1 Å². The second kappa shape index (κ2) is 14.2. The van der Waals surface area contributed by atoms with Gasteiger partial charge in [0.2, 0.25) is 0 Å². The van der Waals surface area contributed by atoms with Crippen LogP contribution in [0.3, 0.4) is 0 Å². The minimum atomic E-state index is -0.528. The Morgan fingerprint density at radius 2 is 1.63 bits per heavy atom. The lowest BCUT2D eigenvalue weighted by Crippen LogP contribution is -2.65. The summed E-state index contributed by atoms with van der Waals surface area (Å²) in [6.45, 7) is 21.8. The number of aliphatic hydroxyl groups excluding tert-OH is 2. The fourth-order valence-electron chi connectivity index (χ4n) is 9.78. The summed E-state index contributed by atoms with van der Waals surface area (Å²) in [5.41, 5.74) is 2.14. The van der Waals surface area contributed by atoms with E-state index in [2.05, 4.69) is 33.8 Å². The van der Waals surface area contributed by atoms with Gasteiger partial charge in [0, 0.05) is 5.57 Å². The van der Waals surface area contributed by atoms with Crippen LogP contribution in [0, 0.1) is 39.9 Å². The molecule has 0 heterocycles. The van der Waals surface area contributed by atoms with Crippen LogP contribution in [-0.4, -0.2) is 48.1 Å². The number of methoxy groups -OCH3 is 1. The van der Waals surface area contributed by atoms with E-state index in [1.54, 1.807) is 0 Å². The zero-order valence-corrected chi connectivity index (χ0v) is 27.9. The first kappa shape index (κ1) is 35.5. The molecule has 0 aliphatic heterocycles. The number of fused-ring (bicyclic) bond motifs is 5. The Labute approximate surface area is 250 Å². The Morgan fingerprint density at radius 1 is 1.00 bits per heavy atom. The highest BCUT2D eigenvalue weighted by Crippen LogP contribution is 2.74. The molecule has 0 aromatic heterocycles. The molecule has 236 valence electrons. The molecule has 4 rings (SSSR count). The van der Waals surface area contributed by atoms with Gasteiger partial charge in [0.1, 0.15) is 6.10 Å². The van der Waals surface area contributed by atoms with Crippen molar-refractivity contribution in [1.82, 2.24) is 0 Å². The third kappa shape index (κ3) is 6.07. The fraction of sp³-hybridized carbons (Fsp3) is 0.829. The SMILES string of the molecule is CC.CC.COC(=O)/C(CCC=C(C)C)=C1\C(OC=O)CC2(C)C1CC(O)C1C3(C)CCC(O)C(C)C3CCC12C. The highest BCUT2D eigenvalue weighted by Gasteiger charge is 2.70. The maximum atomic E-state index is 13.1. The Morgan fingerprint density at radius 3 is 2.20 bits per heavy atom. The van der Waals surface area contributed by atoms with Crippen LogP contribution in [0.5, 0.6) is 0 Å². The number of hydrogen-bond acceptors (Lipinski definition) is 6. The van der Waals surface area contributed by atoms with Crippen LogP contribution in [0.1, 0.15) is 121 Å². The predicted octanol–water partition coefficient (Wildman–Crippen LogP) is 7.42. The number of aliphatic hydroxyl groups is 2. The van der Waals surface area contributed by atoms with Crippen molar-refractivity contribution in [2.45, 2.75) is 139 Å².